The van der Waals surface area contributed by atoms with E-state index in [2.05, 4.69) is 11.9 Å². The average molecular weight is 292 g/mol. The van der Waals surface area contributed by atoms with Crippen molar-refractivity contribution in [2.45, 2.75) is 46.6 Å². The quantitative estimate of drug-likeness (QED) is 0.884. The lowest BCUT2D eigenvalue weighted by Gasteiger charge is -2.22. The molecule has 0 saturated carbocycles. The van der Waals surface area contributed by atoms with Gasteiger partial charge in [0.05, 0.1) is 17.5 Å². The molecule has 1 N–H and O–H groups in total. The topological polar surface area (TPSA) is 55.1 Å². The van der Waals surface area contributed by atoms with E-state index in [0.717, 1.165) is 29.8 Å². The van der Waals surface area contributed by atoms with Crippen molar-refractivity contribution in [3.63, 3.8) is 0 Å². The number of carboxylic acids is 1. The Balaban J connectivity index is 2.43. The number of hydrogen-bond donors (Lipinski definition) is 1. The summed E-state index contributed by atoms with van der Waals surface area (Å²) in [6.45, 7) is 6.63. The zero-order valence-electron chi connectivity index (χ0n) is 12.7. The lowest BCUT2D eigenvalue weighted by Crippen LogP contribution is -2.22. The molecule has 0 aliphatic rings. The molecule has 0 spiro atoms. The maximum absolute atomic E-state index is 13.5. The normalized spacial score (nSPS) is 12.0. The highest BCUT2D eigenvalue weighted by Gasteiger charge is 2.25. The van der Waals surface area contributed by atoms with E-state index in [0.29, 0.717) is 6.42 Å². The molecular formula is C16H21FN2O2. The molecule has 0 aliphatic heterocycles. The third-order valence-corrected chi connectivity index (χ3v) is 3.50. The molecule has 0 unspecified atom stereocenters. The minimum atomic E-state index is -0.816. The summed E-state index contributed by atoms with van der Waals surface area (Å²) in [6, 6.07) is 4.56. The van der Waals surface area contributed by atoms with Gasteiger partial charge in [-0.1, -0.05) is 20.8 Å². The van der Waals surface area contributed by atoms with E-state index in [4.69, 9.17) is 5.11 Å². The van der Waals surface area contributed by atoms with Crippen molar-refractivity contribution in [3.05, 3.63) is 29.8 Å². The van der Waals surface area contributed by atoms with Crippen molar-refractivity contribution in [2.75, 3.05) is 0 Å². The minimum Gasteiger partial charge on any atom is -0.481 e. The highest BCUT2D eigenvalue weighted by atomic mass is 19.1. The summed E-state index contributed by atoms with van der Waals surface area (Å²) in [5, 5.41) is 9.00. The first kappa shape index (κ1) is 15.5. The van der Waals surface area contributed by atoms with Crippen LogP contribution in [0.15, 0.2) is 18.2 Å². The summed E-state index contributed by atoms with van der Waals surface area (Å²) in [6.07, 6.45) is 1.54. The Hall–Kier alpha value is -1.91. The molecule has 0 saturated heterocycles. The second kappa shape index (κ2) is 5.84. The molecule has 1 aromatic carbocycles. The Morgan fingerprint density at radius 1 is 1.43 bits per heavy atom. The molecule has 0 radical (unpaired) electrons. The Kier molecular flexibility index (Phi) is 4.30. The zero-order chi connectivity index (χ0) is 15.6. The molecule has 0 fully saturated rings. The number of aliphatic carboxylic acids is 1. The number of hydrogen-bond acceptors (Lipinski definition) is 2. The maximum Gasteiger partial charge on any atom is 0.303 e. The summed E-state index contributed by atoms with van der Waals surface area (Å²) in [5.41, 5.74) is 1.14. The predicted octanol–water partition coefficient (Wildman–Crippen LogP) is 3.63. The van der Waals surface area contributed by atoms with E-state index in [9.17, 15) is 9.18 Å². The van der Waals surface area contributed by atoms with Gasteiger partial charge in [-0.05, 0) is 30.0 Å². The van der Waals surface area contributed by atoms with E-state index >= 15 is 0 Å². The second-order valence-electron chi connectivity index (χ2n) is 6.22. The summed E-state index contributed by atoms with van der Waals surface area (Å²) >= 11 is 0. The summed E-state index contributed by atoms with van der Waals surface area (Å²) in [4.78, 5) is 15.5. The smallest absolute Gasteiger partial charge is 0.303 e. The molecule has 4 nitrogen and oxygen atoms in total. The van der Waals surface area contributed by atoms with E-state index in [1.807, 2.05) is 18.4 Å². The zero-order valence-corrected chi connectivity index (χ0v) is 12.7. The number of benzene rings is 1. The fourth-order valence-electron chi connectivity index (χ4n) is 2.65. The van der Waals surface area contributed by atoms with Crippen molar-refractivity contribution < 1.29 is 14.3 Å². The number of nitrogens with zero attached hydrogens (tertiary/aromatic N) is 2. The van der Waals surface area contributed by atoms with Gasteiger partial charge in [-0.2, -0.15) is 0 Å². The molecule has 21 heavy (non-hydrogen) atoms. The van der Waals surface area contributed by atoms with Crippen LogP contribution in [0.2, 0.25) is 0 Å². The van der Waals surface area contributed by atoms with Gasteiger partial charge in [0.15, 0.2) is 0 Å². The number of carboxylic acid groups (broad SMARTS) is 1. The van der Waals surface area contributed by atoms with Crippen LogP contribution in [0.3, 0.4) is 0 Å². The largest absolute Gasteiger partial charge is 0.481 e. The van der Waals surface area contributed by atoms with Crippen molar-refractivity contribution >= 4 is 17.0 Å². The van der Waals surface area contributed by atoms with Gasteiger partial charge in [0.2, 0.25) is 0 Å². The number of aryl methyl sites for hydroxylation is 1. The van der Waals surface area contributed by atoms with Crippen LogP contribution in [-0.2, 0) is 17.8 Å². The van der Waals surface area contributed by atoms with Gasteiger partial charge in [0.25, 0.3) is 0 Å². The molecule has 114 valence electrons. The van der Waals surface area contributed by atoms with Gasteiger partial charge in [-0.25, -0.2) is 9.37 Å². The van der Waals surface area contributed by atoms with Crippen LogP contribution in [0, 0.1) is 11.2 Å². The minimum absolute atomic E-state index is 0.0801. The van der Waals surface area contributed by atoms with Gasteiger partial charge >= 0.3 is 5.97 Å². The van der Waals surface area contributed by atoms with Gasteiger partial charge in [0.1, 0.15) is 11.6 Å². The van der Waals surface area contributed by atoms with Crippen molar-refractivity contribution in [1.82, 2.24) is 9.55 Å². The number of imidazole rings is 1. The molecule has 2 aromatic rings. The van der Waals surface area contributed by atoms with Crippen LogP contribution in [0.1, 0.15) is 39.4 Å². The fraction of sp³-hybridized carbons (Fsp3) is 0.500. The van der Waals surface area contributed by atoms with E-state index in [1.165, 1.54) is 12.1 Å². The first-order chi connectivity index (χ1) is 9.82. The van der Waals surface area contributed by atoms with Crippen LogP contribution >= 0.6 is 0 Å². The molecular weight excluding hydrogens is 271 g/mol. The highest BCUT2D eigenvalue weighted by molar-refractivity contribution is 5.76. The third kappa shape index (κ3) is 3.60. The first-order valence-electron chi connectivity index (χ1n) is 7.19. The van der Waals surface area contributed by atoms with Gasteiger partial charge < -0.3 is 9.67 Å². The van der Waals surface area contributed by atoms with Crippen molar-refractivity contribution in [2.24, 2.45) is 5.41 Å². The fourth-order valence-corrected chi connectivity index (χ4v) is 2.65. The van der Waals surface area contributed by atoms with Crippen molar-refractivity contribution in [1.29, 1.82) is 0 Å². The molecule has 2 rings (SSSR count). The molecule has 0 amide bonds. The molecule has 5 heteroatoms. The third-order valence-electron chi connectivity index (χ3n) is 3.50. The molecule has 0 bridgehead atoms. The monoisotopic (exact) mass is 292 g/mol. The van der Waals surface area contributed by atoms with Crippen LogP contribution in [0.25, 0.3) is 11.0 Å². The van der Waals surface area contributed by atoms with E-state index in [-0.39, 0.29) is 12.2 Å². The number of fused-ring (bicyclic) bond motifs is 1. The SMILES string of the molecule is CCCn1c(CC(C)(C)CC(=O)O)nc2ccc(F)cc21. The van der Waals surface area contributed by atoms with Gasteiger partial charge in [0, 0.05) is 13.0 Å². The van der Waals surface area contributed by atoms with Crippen LogP contribution in [0.5, 0.6) is 0 Å². The van der Waals surface area contributed by atoms with E-state index in [1.54, 1.807) is 6.07 Å². The Morgan fingerprint density at radius 3 is 2.76 bits per heavy atom. The number of aromatic nitrogens is 2. The molecule has 1 aromatic heterocycles. The van der Waals surface area contributed by atoms with Gasteiger partial charge in [-0.15, -0.1) is 0 Å². The molecule has 0 aliphatic carbocycles. The van der Waals surface area contributed by atoms with Crippen LogP contribution in [-0.4, -0.2) is 20.6 Å². The molecule has 0 atom stereocenters. The Morgan fingerprint density at radius 2 is 2.14 bits per heavy atom. The lowest BCUT2D eigenvalue weighted by molar-refractivity contribution is -0.139. The number of carbonyl (C=O) groups is 1. The Bertz CT molecular complexity index is 662. The van der Waals surface area contributed by atoms with Crippen LogP contribution < -0.4 is 0 Å². The predicted molar refractivity (Wildman–Crippen MR) is 79.7 cm³/mol. The molecule has 1 heterocycles. The first-order valence-corrected chi connectivity index (χ1v) is 7.19. The van der Waals surface area contributed by atoms with Gasteiger partial charge in [-0.3, -0.25) is 4.79 Å². The van der Waals surface area contributed by atoms with Crippen molar-refractivity contribution in [3.8, 4) is 0 Å². The Labute approximate surface area is 123 Å². The summed E-state index contributed by atoms with van der Waals surface area (Å²) in [7, 11) is 0. The number of rotatable bonds is 6. The van der Waals surface area contributed by atoms with E-state index < -0.39 is 11.4 Å². The second-order valence-corrected chi connectivity index (χ2v) is 6.22. The lowest BCUT2D eigenvalue weighted by atomic mass is 9.85. The summed E-state index contributed by atoms with van der Waals surface area (Å²) < 4.78 is 15.5. The maximum atomic E-state index is 13.5. The average Bonchev–Trinajstić information content (AvgIpc) is 2.65. The number of halogens is 1. The highest BCUT2D eigenvalue weighted by Crippen LogP contribution is 2.28. The summed E-state index contributed by atoms with van der Waals surface area (Å²) in [5.74, 6) is -0.274. The standard InChI is InChI=1S/C16H21FN2O2/c1-4-7-19-13-8-11(17)5-6-12(13)18-14(19)9-16(2,3)10-15(20)21/h5-6,8H,4,7,9-10H2,1-3H3,(H,20,21). The van der Waals surface area contributed by atoms with Crippen LogP contribution in [0.4, 0.5) is 4.39 Å².